The first kappa shape index (κ1) is 17.1. The predicted molar refractivity (Wildman–Crippen MR) is 94.4 cm³/mol. The molecule has 128 valence electrons. The van der Waals surface area contributed by atoms with Crippen molar-refractivity contribution in [1.82, 2.24) is 5.43 Å². The van der Waals surface area contributed by atoms with Gasteiger partial charge in [-0.25, -0.2) is 5.43 Å². The van der Waals surface area contributed by atoms with Gasteiger partial charge < -0.3 is 4.74 Å². The Kier molecular flexibility index (Phi) is 3.86. The summed E-state index contributed by atoms with van der Waals surface area (Å²) in [5, 5.41) is 4.20. The number of hydrogen-bond acceptors (Lipinski definition) is 4. The maximum atomic E-state index is 12.8. The third-order valence-corrected chi connectivity index (χ3v) is 6.57. The molecule has 24 heavy (non-hydrogen) atoms. The molecule has 3 rings (SSSR count). The van der Waals surface area contributed by atoms with E-state index >= 15 is 0 Å². The molecular formula is C18H21BrN2O3. The van der Waals surface area contributed by atoms with Gasteiger partial charge in [-0.2, -0.15) is 5.10 Å². The Morgan fingerprint density at radius 2 is 1.83 bits per heavy atom. The minimum Gasteiger partial charge on any atom is -0.448 e. The van der Waals surface area contributed by atoms with E-state index in [1.165, 1.54) is 0 Å². The molecule has 1 heterocycles. The number of benzene rings is 1. The molecule has 6 heteroatoms. The monoisotopic (exact) mass is 392 g/mol. The first-order valence-electron chi connectivity index (χ1n) is 7.98. The van der Waals surface area contributed by atoms with E-state index in [1.807, 2.05) is 52.0 Å². The number of hydrazone groups is 1. The van der Waals surface area contributed by atoms with Crippen molar-refractivity contribution in [3.8, 4) is 0 Å². The lowest BCUT2D eigenvalue weighted by Crippen LogP contribution is -2.52. The van der Waals surface area contributed by atoms with Crippen LogP contribution in [0.15, 0.2) is 33.8 Å². The summed E-state index contributed by atoms with van der Waals surface area (Å²) in [6.45, 7) is 7.56. The van der Waals surface area contributed by atoms with Crippen molar-refractivity contribution in [2.45, 2.75) is 46.1 Å². The fourth-order valence-electron chi connectivity index (χ4n) is 3.73. The topological polar surface area (TPSA) is 67.8 Å². The quantitative estimate of drug-likeness (QED) is 0.486. The number of rotatable bonds is 3. The zero-order valence-corrected chi connectivity index (χ0v) is 15.9. The Hall–Kier alpha value is -1.69. The van der Waals surface area contributed by atoms with Crippen LogP contribution in [0.25, 0.3) is 0 Å². The molecule has 1 aromatic rings. The van der Waals surface area contributed by atoms with E-state index in [1.54, 1.807) is 0 Å². The zero-order chi connectivity index (χ0) is 17.8. The molecule has 1 saturated carbocycles. The summed E-state index contributed by atoms with van der Waals surface area (Å²) in [6, 6.07) is 7.66. The molecule has 0 radical (unpaired) electrons. The van der Waals surface area contributed by atoms with Gasteiger partial charge in [0.15, 0.2) is 5.60 Å². The average Bonchev–Trinajstić information content (AvgIpc) is 2.83. The second-order valence-corrected chi connectivity index (χ2v) is 8.23. The lowest BCUT2D eigenvalue weighted by atomic mass is 9.66. The van der Waals surface area contributed by atoms with Crippen LogP contribution >= 0.6 is 15.9 Å². The number of ether oxygens (including phenoxy) is 1. The van der Waals surface area contributed by atoms with Gasteiger partial charge in [-0.15, -0.1) is 0 Å². The van der Waals surface area contributed by atoms with E-state index in [0.29, 0.717) is 18.6 Å². The van der Waals surface area contributed by atoms with E-state index in [4.69, 9.17) is 4.74 Å². The van der Waals surface area contributed by atoms with E-state index in [2.05, 4.69) is 26.5 Å². The molecule has 2 aliphatic rings. The van der Waals surface area contributed by atoms with Crippen LogP contribution in [0.5, 0.6) is 0 Å². The second-order valence-electron chi connectivity index (χ2n) is 7.32. The minimum absolute atomic E-state index is 0.289. The molecule has 1 amide bonds. The number of carbonyl (C=O) groups excluding carboxylic acids is 2. The lowest BCUT2D eigenvalue weighted by Gasteiger charge is -2.34. The van der Waals surface area contributed by atoms with Crippen LogP contribution in [0, 0.1) is 10.8 Å². The molecule has 5 nitrogen and oxygen atoms in total. The van der Waals surface area contributed by atoms with Crippen molar-refractivity contribution < 1.29 is 14.3 Å². The second kappa shape index (κ2) is 5.41. The highest BCUT2D eigenvalue weighted by molar-refractivity contribution is 9.10. The van der Waals surface area contributed by atoms with Crippen LogP contribution in [0.4, 0.5) is 0 Å². The van der Waals surface area contributed by atoms with Gasteiger partial charge in [0.05, 0.1) is 11.1 Å². The molecule has 1 aromatic carbocycles. The van der Waals surface area contributed by atoms with Gasteiger partial charge in [-0.3, -0.25) is 9.59 Å². The average molecular weight is 393 g/mol. The Balaban J connectivity index is 1.82. The largest absolute Gasteiger partial charge is 0.448 e. The van der Waals surface area contributed by atoms with Crippen molar-refractivity contribution in [3.63, 3.8) is 0 Å². The minimum atomic E-state index is -1.14. The summed E-state index contributed by atoms with van der Waals surface area (Å²) in [6.07, 6.45) is 1.18. The van der Waals surface area contributed by atoms with Gasteiger partial charge >= 0.3 is 5.97 Å². The summed E-state index contributed by atoms with van der Waals surface area (Å²) in [5.74, 6) is -0.638. The number of nitrogens with one attached hydrogen (secondary N) is 1. The van der Waals surface area contributed by atoms with E-state index in [0.717, 1.165) is 10.0 Å². The Bertz CT molecular complexity index is 741. The fourth-order valence-corrected chi connectivity index (χ4v) is 3.99. The van der Waals surface area contributed by atoms with Crippen molar-refractivity contribution in [3.05, 3.63) is 34.3 Å². The maximum Gasteiger partial charge on any atom is 0.313 e. The van der Waals surface area contributed by atoms with Gasteiger partial charge in [0.2, 0.25) is 0 Å². The fraction of sp³-hybridized carbons (Fsp3) is 0.500. The Morgan fingerprint density at radius 1 is 1.21 bits per heavy atom. The van der Waals surface area contributed by atoms with Crippen LogP contribution in [0.2, 0.25) is 0 Å². The third-order valence-electron chi connectivity index (χ3n) is 6.04. The third kappa shape index (κ3) is 2.15. The van der Waals surface area contributed by atoms with E-state index in [-0.39, 0.29) is 11.9 Å². The highest BCUT2D eigenvalue weighted by Crippen LogP contribution is 2.65. The van der Waals surface area contributed by atoms with Crippen LogP contribution in [-0.4, -0.2) is 23.2 Å². The molecule has 2 bridgehead atoms. The number of halogens is 1. The summed E-state index contributed by atoms with van der Waals surface area (Å²) in [7, 11) is 0. The molecular weight excluding hydrogens is 372 g/mol. The van der Waals surface area contributed by atoms with E-state index < -0.39 is 16.4 Å². The summed E-state index contributed by atoms with van der Waals surface area (Å²) in [5.41, 5.74) is 1.89. The number of esters is 1. The van der Waals surface area contributed by atoms with Crippen LogP contribution in [0.1, 0.15) is 46.1 Å². The van der Waals surface area contributed by atoms with Gasteiger partial charge in [-0.1, -0.05) is 41.9 Å². The van der Waals surface area contributed by atoms with E-state index in [9.17, 15) is 9.59 Å². The number of amides is 1. The number of hydrogen-bond donors (Lipinski definition) is 1. The SMILES string of the molecule is CC(=NNC(=O)C12CCC(C)(C(=O)O1)C2(C)C)c1ccc(Br)cc1. The maximum absolute atomic E-state index is 12.8. The van der Waals surface area contributed by atoms with Crippen LogP contribution < -0.4 is 5.43 Å². The zero-order valence-electron chi connectivity index (χ0n) is 14.3. The number of fused-ring (bicyclic) bond motifs is 2. The van der Waals surface area contributed by atoms with Gasteiger partial charge in [0.25, 0.3) is 5.91 Å². The molecule has 2 fully saturated rings. The molecule has 2 atom stereocenters. The van der Waals surface area contributed by atoms with Crippen LogP contribution in [-0.2, 0) is 14.3 Å². The molecule has 0 spiro atoms. The normalized spacial score (nSPS) is 31.0. The lowest BCUT2D eigenvalue weighted by molar-refractivity contribution is -0.168. The molecule has 1 aliphatic carbocycles. The highest BCUT2D eigenvalue weighted by Gasteiger charge is 2.75. The molecule has 2 unspecified atom stereocenters. The smallest absolute Gasteiger partial charge is 0.313 e. The summed E-state index contributed by atoms with van der Waals surface area (Å²) >= 11 is 3.39. The molecule has 0 aromatic heterocycles. The van der Waals surface area contributed by atoms with Gasteiger partial charge in [0, 0.05) is 9.89 Å². The number of carbonyl (C=O) groups is 2. The standard InChI is InChI=1S/C18H21BrN2O3/c1-11(12-5-7-13(19)8-6-12)20-21-14(22)18-10-9-17(4,15(23)24-18)16(18,2)3/h5-8H,9-10H2,1-4H3,(H,21,22). The van der Waals surface area contributed by atoms with Crippen molar-refractivity contribution in [2.24, 2.45) is 15.9 Å². The Labute approximate surface area is 150 Å². The first-order chi connectivity index (χ1) is 11.1. The highest BCUT2D eigenvalue weighted by atomic mass is 79.9. The van der Waals surface area contributed by atoms with Gasteiger partial charge in [-0.05, 0) is 44.4 Å². The van der Waals surface area contributed by atoms with Crippen molar-refractivity contribution >= 4 is 33.5 Å². The molecule has 1 N–H and O–H groups in total. The summed E-state index contributed by atoms with van der Waals surface area (Å²) in [4.78, 5) is 25.0. The van der Waals surface area contributed by atoms with Gasteiger partial charge in [0.1, 0.15) is 0 Å². The van der Waals surface area contributed by atoms with Crippen LogP contribution in [0.3, 0.4) is 0 Å². The number of nitrogens with zero attached hydrogens (tertiary/aromatic N) is 1. The van der Waals surface area contributed by atoms with Crippen molar-refractivity contribution in [2.75, 3.05) is 0 Å². The molecule has 1 saturated heterocycles. The predicted octanol–water partition coefficient (Wildman–Crippen LogP) is 3.41. The molecule has 1 aliphatic heterocycles. The first-order valence-corrected chi connectivity index (χ1v) is 8.77. The Morgan fingerprint density at radius 3 is 2.33 bits per heavy atom. The van der Waals surface area contributed by atoms with Crippen molar-refractivity contribution in [1.29, 1.82) is 0 Å². The summed E-state index contributed by atoms with van der Waals surface area (Å²) < 4.78 is 6.53.